The van der Waals surface area contributed by atoms with Crippen molar-refractivity contribution in [2.75, 3.05) is 19.0 Å². The molecule has 70 valence electrons. The van der Waals surface area contributed by atoms with E-state index in [1.165, 1.54) is 6.07 Å². The maximum atomic E-state index is 13.4. The molecule has 0 aliphatic carbocycles. The van der Waals surface area contributed by atoms with Crippen LogP contribution >= 0.6 is 0 Å². The van der Waals surface area contributed by atoms with Crippen LogP contribution in [0.15, 0.2) is 12.1 Å². The normalized spacial score (nSPS) is 14.6. The third-order valence-electron chi connectivity index (χ3n) is 2.32. The second-order valence-electron chi connectivity index (χ2n) is 3.17. The Morgan fingerprint density at radius 3 is 3.08 bits per heavy atom. The summed E-state index contributed by atoms with van der Waals surface area (Å²) in [6.07, 6.45) is 1.81. The topological polar surface area (TPSA) is 21.3 Å². The molecule has 1 aromatic carbocycles. The third-order valence-corrected chi connectivity index (χ3v) is 2.32. The average Bonchev–Trinajstić information content (AvgIpc) is 2.18. The smallest absolute Gasteiger partial charge is 0.132 e. The molecule has 1 aliphatic rings. The second kappa shape index (κ2) is 3.24. The Labute approximate surface area is 76.7 Å². The van der Waals surface area contributed by atoms with Crippen molar-refractivity contribution in [1.29, 1.82) is 0 Å². The molecule has 1 aromatic rings. The van der Waals surface area contributed by atoms with Gasteiger partial charge in [-0.15, -0.1) is 0 Å². The fourth-order valence-corrected chi connectivity index (χ4v) is 1.63. The molecule has 13 heavy (non-hydrogen) atoms. The number of nitrogens with one attached hydrogen (secondary N) is 1. The van der Waals surface area contributed by atoms with Gasteiger partial charge in [0.05, 0.1) is 7.11 Å². The van der Waals surface area contributed by atoms with Gasteiger partial charge >= 0.3 is 0 Å². The van der Waals surface area contributed by atoms with Crippen LogP contribution in [0.1, 0.15) is 12.0 Å². The lowest BCUT2D eigenvalue weighted by atomic mass is 10.0. The van der Waals surface area contributed by atoms with E-state index in [0.717, 1.165) is 30.6 Å². The summed E-state index contributed by atoms with van der Waals surface area (Å²) in [4.78, 5) is 0. The van der Waals surface area contributed by atoms with E-state index in [0.29, 0.717) is 5.75 Å². The SMILES string of the molecule is COc1cc(F)c2c(c1)NCCC2. The predicted molar refractivity (Wildman–Crippen MR) is 49.8 cm³/mol. The molecule has 2 nitrogen and oxygen atoms in total. The summed E-state index contributed by atoms with van der Waals surface area (Å²) >= 11 is 0. The molecule has 0 atom stereocenters. The fraction of sp³-hybridized carbons (Fsp3) is 0.400. The van der Waals surface area contributed by atoms with Gasteiger partial charge in [-0.2, -0.15) is 0 Å². The van der Waals surface area contributed by atoms with Crippen molar-refractivity contribution >= 4 is 5.69 Å². The van der Waals surface area contributed by atoms with Crippen LogP contribution in [-0.4, -0.2) is 13.7 Å². The van der Waals surface area contributed by atoms with E-state index in [4.69, 9.17) is 4.74 Å². The van der Waals surface area contributed by atoms with E-state index in [1.807, 2.05) is 6.07 Å². The quantitative estimate of drug-likeness (QED) is 0.717. The predicted octanol–water partition coefficient (Wildman–Crippen LogP) is 2.19. The van der Waals surface area contributed by atoms with E-state index < -0.39 is 0 Å². The first kappa shape index (κ1) is 8.35. The summed E-state index contributed by atoms with van der Waals surface area (Å²) in [5.41, 5.74) is 1.66. The molecule has 0 spiro atoms. The molecule has 0 aromatic heterocycles. The number of hydrogen-bond acceptors (Lipinski definition) is 2. The zero-order valence-electron chi connectivity index (χ0n) is 7.56. The third kappa shape index (κ3) is 1.46. The maximum Gasteiger partial charge on any atom is 0.132 e. The molecular weight excluding hydrogens is 169 g/mol. The number of anilines is 1. The first-order chi connectivity index (χ1) is 6.31. The van der Waals surface area contributed by atoms with Gasteiger partial charge in [0.15, 0.2) is 0 Å². The second-order valence-corrected chi connectivity index (χ2v) is 3.17. The Morgan fingerprint density at radius 2 is 2.31 bits per heavy atom. The van der Waals surface area contributed by atoms with E-state index >= 15 is 0 Å². The average molecular weight is 181 g/mol. The molecule has 0 fully saturated rings. The van der Waals surface area contributed by atoms with Gasteiger partial charge in [0.1, 0.15) is 11.6 Å². The van der Waals surface area contributed by atoms with Gasteiger partial charge in [-0.25, -0.2) is 4.39 Å². The molecule has 0 radical (unpaired) electrons. The zero-order valence-corrected chi connectivity index (χ0v) is 7.56. The first-order valence-electron chi connectivity index (χ1n) is 4.41. The number of methoxy groups -OCH3 is 1. The Morgan fingerprint density at radius 1 is 1.46 bits per heavy atom. The molecule has 1 N–H and O–H groups in total. The number of hydrogen-bond donors (Lipinski definition) is 1. The summed E-state index contributed by atoms with van der Waals surface area (Å²) < 4.78 is 18.4. The number of benzene rings is 1. The van der Waals surface area contributed by atoms with Crippen molar-refractivity contribution in [1.82, 2.24) is 0 Å². The minimum absolute atomic E-state index is 0.165. The monoisotopic (exact) mass is 181 g/mol. The van der Waals surface area contributed by atoms with Crippen LogP contribution in [0.4, 0.5) is 10.1 Å². The highest BCUT2D eigenvalue weighted by Gasteiger charge is 2.14. The molecule has 2 rings (SSSR count). The first-order valence-corrected chi connectivity index (χ1v) is 4.41. The minimum Gasteiger partial charge on any atom is -0.497 e. The van der Waals surface area contributed by atoms with E-state index in [2.05, 4.69) is 5.32 Å². The Bertz CT molecular complexity index is 325. The van der Waals surface area contributed by atoms with E-state index in [-0.39, 0.29) is 5.82 Å². The van der Waals surface area contributed by atoms with Crippen LogP contribution < -0.4 is 10.1 Å². The van der Waals surface area contributed by atoms with Gasteiger partial charge in [-0.3, -0.25) is 0 Å². The molecule has 3 heteroatoms. The lowest BCUT2D eigenvalue weighted by Gasteiger charge is -2.19. The largest absolute Gasteiger partial charge is 0.497 e. The number of halogens is 1. The molecule has 0 unspecified atom stereocenters. The maximum absolute atomic E-state index is 13.4. The summed E-state index contributed by atoms with van der Waals surface area (Å²) in [5, 5.41) is 3.16. The lowest BCUT2D eigenvalue weighted by molar-refractivity contribution is 0.410. The van der Waals surface area contributed by atoms with Crippen molar-refractivity contribution < 1.29 is 9.13 Å². The van der Waals surface area contributed by atoms with Gasteiger partial charge in [0, 0.05) is 29.9 Å². The lowest BCUT2D eigenvalue weighted by Crippen LogP contribution is -2.13. The number of rotatable bonds is 1. The molecule has 0 bridgehead atoms. The Kier molecular flexibility index (Phi) is 2.08. The van der Waals surface area contributed by atoms with Crippen molar-refractivity contribution in [3.8, 4) is 5.75 Å². The van der Waals surface area contributed by atoms with Crippen LogP contribution in [0, 0.1) is 5.82 Å². The van der Waals surface area contributed by atoms with Gasteiger partial charge < -0.3 is 10.1 Å². The highest BCUT2D eigenvalue weighted by atomic mass is 19.1. The van der Waals surface area contributed by atoms with Crippen molar-refractivity contribution in [2.24, 2.45) is 0 Å². The van der Waals surface area contributed by atoms with Crippen LogP contribution in [0.3, 0.4) is 0 Å². The summed E-state index contributed by atoms with van der Waals surface area (Å²) in [7, 11) is 1.55. The standard InChI is InChI=1S/C10H12FNO/c1-13-7-5-9(11)8-3-2-4-12-10(8)6-7/h5-6,12H,2-4H2,1H3. The van der Waals surface area contributed by atoms with Crippen LogP contribution in [0.2, 0.25) is 0 Å². The molecular formula is C10H12FNO. The minimum atomic E-state index is -0.165. The Balaban J connectivity index is 2.47. The van der Waals surface area contributed by atoms with Crippen LogP contribution in [0.5, 0.6) is 5.75 Å². The zero-order chi connectivity index (χ0) is 9.26. The highest BCUT2D eigenvalue weighted by molar-refractivity contribution is 5.57. The van der Waals surface area contributed by atoms with E-state index in [9.17, 15) is 4.39 Å². The van der Waals surface area contributed by atoms with Gasteiger partial charge in [0.2, 0.25) is 0 Å². The molecule has 1 aliphatic heterocycles. The molecule has 0 amide bonds. The Hall–Kier alpha value is -1.25. The fourth-order valence-electron chi connectivity index (χ4n) is 1.63. The van der Waals surface area contributed by atoms with Crippen LogP contribution in [-0.2, 0) is 6.42 Å². The molecule has 0 saturated carbocycles. The van der Waals surface area contributed by atoms with Gasteiger partial charge in [-0.05, 0) is 12.8 Å². The summed E-state index contributed by atoms with van der Waals surface area (Å²) in [6, 6.07) is 3.28. The highest BCUT2D eigenvalue weighted by Crippen LogP contribution is 2.29. The van der Waals surface area contributed by atoms with E-state index in [1.54, 1.807) is 7.11 Å². The van der Waals surface area contributed by atoms with Gasteiger partial charge in [0.25, 0.3) is 0 Å². The van der Waals surface area contributed by atoms with Crippen molar-refractivity contribution in [2.45, 2.75) is 12.8 Å². The van der Waals surface area contributed by atoms with Crippen molar-refractivity contribution in [3.05, 3.63) is 23.5 Å². The van der Waals surface area contributed by atoms with Gasteiger partial charge in [-0.1, -0.05) is 0 Å². The number of ether oxygens (including phenoxy) is 1. The molecule has 0 saturated heterocycles. The number of fused-ring (bicyclic) bond motifs is 1. The van der Waals surface area contributed by atoms with Crippen molar-refractivity contribution in [3.63, 3.8) is 0 Å². The molecule has 1 heterocycles. The summed E-state index contributed by atoms with van der Waals surface area (Å²) in [6.45, 7) is 0.916. The van der Waals surface area contributed by atoms with Crippen LogP contribution in [0.25, 0.3) is 0 Å². The summed E-state index contributed by atoms with van der Waals surface area (Å²) in [5.74, 6) is 0.409.